The molecule has 3 amide bonds. The van der Waals surface area contributed by atoms with Gasteiger partial charge in [0.2, 0.25) is 0 Å². The molecule has 1 aromatic rings. The van der Waals surface area contributed by atoms with E-state index in [4.69, 9.17) is 0 Å². The molecule has 0 radical (unpaired) electrons. The minimum absolute atomic E-state index is 0.0193. The van der Waals surface area contributed by atoms with Crippen LogP contribution in [0.2, 0.25) is 0 Å². The highest BCUT2D eigenvalue weighted by atomic mass is 32.1. The van der Waals surface area contributed by atoms with Crippen LogP contribution in [0.5, 0.6) is 0 Å². The Morgan fingerprint density at radius 2 is 1.71 bits per heavy atom. The Morgan fingerprint density at radius 3 is 2.25 bits per heavy atom. The van der Waals surface area contributed by atoms with E-state index in [1.54, 1.807) is 12.1 Å². The van der Waals surface area contributed by atoms with Crippen molar-refractivity contribution in [3.8, 4) is 0 Å². The topological polar surface area (TPSA) is 61.4 Å². The molecule has 24 heavy (non-hydrogen) atoms. The lowest BCUT2D eigenvalue weighted by atomic mass is 9.87. The molecular formula is C18H29N3O2S. The summed E-state index contributed by atoms with van der Waals surface area (Å²) in [5, 5.41) is 5.95. The third-order valence-electron chi connectivity index (χ3n) is 3.62. The van der Waals surface area contributed by atoms with Gasteiger partial charge in [-0.05, 0) is 49.0 Å². The van der Waals surface area contributed by atoms with Crippen LogP contribution in [0.4, 0.5) is 4.79 Å². The number of carbonyl (C=O) groups is 2. The molecule has 1 aromatic carbocycles. The number of rotatable bonds is 7. The van der Waals surface area contributed by atoms with Crippen LogP contribution in [-0.2, 0) is 5.41 Å². The number of urea groups is 1. The zero-order valence-electron chi connectivity index (χ0n) is 15.1. The molecule has 0 unspecified atom stereocenters. The Labute approximate surface area is 150 Å². The maximum Gasteiger partial charge on any atom is 0.334 e. The van der Waals surface area contributed by atoms with Crippen LogP contribution >= 0.6 is 12.8 Å². The summed E-state index contributed by atoms with van der Waals surface area (Å²) >= 11 is 4.03. The monoisotopic (exact) mass is 351 g/mol. The second-order valence-electron chi connectivity index (χ2n) is 6.78. The fourth-order valence-corrected chi connectivity index (χ4v) is 2.30. The fraction of sp³-hybridized carbons (Fsp3) is 0.556. The van der Waals surface area contributed by atoms with Crippen molar-refractivity contribution in [1.82, 2.24) is 14.9 Å². The van der Waals surface area contributed by atoms with E-state index in [1.807, 2.05) is 12.1 Å². The van der Waals surface area contributed by atoms with Gasteiger partial charge in [0.15, 0.2) is 0 Å². The molecule has 0 fully saturated rings. The number of nitrogens with one attached hydrogen (secondary N) is 2. The van der Waals surface area contributed by atoms with E-state index in [2.05, 4.69) is 51.1 Å². The molecule has 6 heteroatoms. The molecule has 0 bridgehead atoms. The number of hydrogen-bond acceptors (Lipinski definition) is 4. The Hall–Kier alpha value is -1.53. The zero-order chi connectivity index (χ0) is 18.2. The molecule has 5 nitrogen and oxygen atoms in total. The highest BCUT2D eigenvalue weighted by Gasteiger charge is 2.20. The van der Waals surface area contributed by atoms with E-state index in [0.717, 1.165) is 35.8 Å². The normalized spacial score (nSPS) is 11.2. The van der Waals surface area contributed by atoms with E-state index in [9.17, 15) is 9.59 Å². The summed E-state index contributed by atoms with van der Waals surface area (Å²) < 4.78 is 0.825. The van der Waals surface area contributed by atoms with Gasteiger partial charge >= 0.3 is 6.03 Å². The van der Waals surface area contributed by atoms with Crippen LogP contribution in [0.25, 0.3) is 0 Å². The van der Waals surface area contributed by atoms with Crippen molar-refractivity contribution in [3.63, 3.8) is 0 Å². The summed E-state index contributed by atoms with van der Waals surface area (Å²) in [6, 6.07) is 6.78. The van der Waals surface area contributed by atoms with Gasteiger partial charge in [0.1, 0.15) is 0 Å². The highest BCUT2D eigenvalue weighted by Crippen LogP contribution is 2.22. The van der Waals surface area contributed by atoms with E-state index in [0.29, 0.717) is 12.1 Å². The molecule has 0 aliphatic rings. The van der Waals surface area contributed by atoms with Crippen LogP contribution < -0.4 is 10.6 Å². The quantitative estimate of drug-likeness (QED) is 0.521. The Balaban J connectivity index is 2.50. The van der Waals surface area contributed by atoms with Gasteiger partial charge in [0, 0.05) is 12.1 Å². The molecule has 0 saturated heterocycles. The first-order chi connectivity index (χ1) is 11.3. The molecule has 2 N–H and O–H groups in total. The fourth-order valence-electron chi connectivity index (χ4n) is 2.11. The number of thiol groups is 1. The van der Waals surface area contributed by atoms with Crippen molar-refractivity contribution in [3.05, 3.63) is 35.4 Å². The molecule has 0 spiro atoms. The molecule has 0 saturated carbocycles. The summed E-state index contributed by atoms with van der Waals surface area (Å²) in [7, 11) is 0. The highest BCUT2D eigenvalue weighted by molar-refractivity contribution is 7.79. The minimum atomic E-state index is -0.501. The van der Waals surface area contributed by atoms with E-state index in [1.165, 1.54) is 0 Å². The third kappa shape index (κ3) is 6.53. The van der Waals surface area contributed by atoms with Gasteiger partial charge in [0.05, 0.1) is 0 Å². The molecule has 0 aliphatic carbocycles. The zero-order valence-corrected chi connectivity index (χ0v) is 16.0. The van der Waals surface area contributed by atoms with Crippen LogP contribution in [-0.4, -0.2) is 35.9 Å². The van der Waals surface area contributed by atoms with Crippen molar-refractivity contribution in [1.29, 1.82) is 0 Å². The molecule has 0 aliphatic heterocycles. The summed E-state index contributed by atoms with van der Waals surface area (Å²) in [6.07, 6.45) is 1.89. The van der Waals surface area contributed by atoms with Gasteiger partial charge in [-0.1, -0.05) is 52.6 Å². The molecule has 0 atom stereocenters. The largest absolute Gasteiger partial charge is 0.337 e. The summed E-state index contributed by atoms with van der Waals surface area (Å²) in [6.45, 7) is 10.7. The number of carbonyl (C=O) groups excluding carboxylic acids is 2. The lowest BCUT2D eigenvalue weighted by molar-refractivity contribution is 0.0895. The van der Waals surface area contributed by atoms with Crippen molar-refractivity contribution in [2.45, 2.75) is 46.0 Å². The lowest BCUT2D eigenvalue weighted by Crippen LogP contribution is -2.39. The average molecular weight is 352 g/mol. The number of hydrogen-bond donors (Lipinski definition) is 3. The summed E-state index contributed by atoms with van der Waals surface area (Å²) in [5.74, 6) is -0.430. The van der Waals surface area contributed by atoms with Crippen molar-refractivity contribution in [2.75, 3.05) is 19.6 Å². The number of benzene rings is 1. The number of amides is 3. The number of imide groups is 1. The summed E-state index contributed by atoms with van der Waals surface area (Å²) in [5.41, 5.74) is 1.59. The van der Waals surface area contributed by atoms with E-state index >= 15 is 0 Å². The lowest BCUT2D eigenvalue weighted by Gasteiger charge is -2.20. The first kappa shape index (κ1) is 20.5. The van der Waals surface area contributed by atoms with Gasteiger partial charge in [0.25, 0.3) is 5.91 Å². The smallest absolute Gasteiger partial charge is 0.334 e. The van der Waals surface area contributed by atoms with Gasteiger partial charge in [-0.3, -0.25) is 4.79 Å². The van der Waals surface area contributed by atoms with Crippen molar-refractivity contribution < 1.29 is 9.59 Å². The molecule has 1 rings (SSSR count). The molecule has 0 aromatic heterocycles. The van der Waals surface area contributed by atoms with Crippen LogP contribution in [0.1, 0.15) is 56.5 Å². The van der Waals surface area contributed by atoms with Gasteiger partial charge in [-0.25, -0.2) is 9.10 Å². The molecule has 134 valence electrons. The molecule has 0 heterocycles. The van der Waals surface area contributed by atoms with Gasteiger partial charge in [-0.2, -0.15) is 0 Å². The third-order valence-corrected chi connectivity index (χ3v) is 3.98. The van der Waals surface area contributed by atoms with E-state index < -0.39 is 11.9 Å². The Morgan fingerprint density at radius 1 is 1.08 bits per heavy atom. The van der Waals surface area contributed by atoms with Crippen molar-refractivity contribution >= 4 is 24.8 Å². The predicted octanol–water partition coefficient (Wildman–Crippen LogP) is 3.37. The molecular weight excluding hydrogens is 322 g/mol. The van der Waals surface area contributed by atoms with Crippen LogP contribution in [0, 0.1) is 0 Å². The Kier molecular flexibility index (Phi) is 8.28. The predicted molar refractivity (Wildman–Crippen MR) is 101 cm³/mol. The minimum Gasteiger partial charge on any atom is -0.337 e. The van der Waals surface area contributed by atoms with E-state index in [-0.39, 0.29) is 5.41 Å². The van der Waals surface area contributed by atoms with Gasteiger partial charge in [-0.15, -0.1) is 0 Å². The number of nitrogens with zero attached hydrogens (tertiary/aromatic N) is 1. The second kappa shape index (κ2) is 9.69. The SMILES string of the molecule is CCCNCCCNC(=O)N(S)C(=O)c1ccc(C(C)(C)C)cc1. The van der Waals surface area contributed by atoms with Gasteiger partial charge < -0.3 is 10.6 Å². The average Bonchev–Trinajstić information content (AvgIpc) is 2.55. The maximum absolute atomic E-state index is 12.3. The standard InChI is InChI=1S/C18H29N3O2S/c1-5-11-19-12-6-13-20-17(23)21(24)16(22)14-7-9-15(10-8-14)18(2,3)4/h7-10,19,24H,5-6,11-13H2,1-4H3,(H,20,23). The van der Waals surface area contributed by atoms with Crippen molar-refractivity contribution in [2.24, 2.45) is 0 Å². The summed E-state index contributed by atoms with van der Waals surface area (Å²) in [4.78, 5) is 24.3. The maximum atomic E-state index is 12.3. The van der Waals surface area contributed by atoms with Crippen LogP contribution in [0.3, 0.4) is 0 Å². The first-order valence-corrected chi connectivity index (χ1v) is 8.79. The second-order valence-corrected chi connectivity index (χ2v) is 7.18. The van der Waals surface area contributed by atoms with Crippen LogP contribution in [0.15, 0.2) is 24.3 Å². The first-order valence-electron chi connectivity index (χ1n) is 8.39. The Bertz CT molecular complexity index is 538.